The van der Waals surface area contributed by atoms with Crippen molar-refractivity contribution in [1.29, 1.82) is 0 Å². The summed E-state index contributed by atoms with van der Waals surface area (Å²) >= 11 is 0. The number of carbonyl (C=O) groups excluding carboxylic acids is 2. The molecule has 0 saturated carbocycles. The monoisotopic (exact) mass is 225 g/mol. The smallest absolute Gasteiger partial charge is 0.244 e. The van der Waals surface area contributed by atoms with E-state index in [1.165, 1.54) is 0 Å². The van der Waals surface area contributed by atoms with Crippen LogP contribution in [0.5, 0.6) is 0 Å². The molecule has 0 aromatic carbocycles. The number of hydrogen-bond donors (Lipinski definition) is 2. The summed E-state index contributed by atoms with van der Waals surface area (Å²) < 4.78 is 0. The van der Waals surface area contributed by atoms with Crippen LogP contribution in [0, 0.1) is 0 Å². The molecule has 2 rings (SSSR count). The molecular weight excluding hydrogens is 206 g/mol. The van der Waals surface area contributed by atoms with Gasteiger partial charge in [-0.15, -0.1) is 0 Å². The van der Waals surface area contributed by atoms with Crippen LogP contribution in [0.25, 0.3) is 0 Å². The number of nitrogens with one attached hydrogen (secondary N) is 2. The average molecular weight is 225 g/mol. The normalized spacial score (nSPS) is 36.5. The molecule has 0 aliphatic carbocycles. The molecule has 0 radical (unpaired) electrons. The van der Waals surface area contributed by atoms with Crippen LogP contribution >= 0.6 is 0 Å². The van der Waals surface area contributed by atoms with Gasteiger partial charge in [0.25, 0.3) is 0 Å². The zero-order valence-corrected chi connectivity index (χ0v) is 9.82. The van der Waals surface area contributed by atoms with E-state index in [1.54, 1.807) is 0 Å². The molecule has 3 unspecified atom stereocenters. The van der Waals surface area contributed by atoms with E-state index >= 15 is 0 Å². The zero-order chi connectivity index (χ0) is 11.7. The molecule has 16 heavy (non-hydrogen) atoms. The molecule has 2 fully saturated rings. The summed E-state index contributed by atoms with van der Waals surface area (Å²) in [6.45, 7) is 3.23. The Morgan fingerprint density at radius 2 is 2.19 bits per heavy atom. The van der Waals surface area contributed by atoms with Crippen LogP contribution < -0.4 is 10.6 Å². The van der Waals surface area contributed by atoms with E-state index in [2.05, 4.69) is 29.5 Å². The maximum atomic E-state index is 11.4. The Bertz CT molecular complexity index is 306. The molecule has 0 aromatic rings. The van der Waals surface area contributed by atoms with Crippen LogP contribution in [-0.4, -0.2) is 48.4 Å². The van der Waals surface area contributed by atoms with Gasteiger partial charge in [0, 0.05) is 12.1 Å². The SMILES string of the molecule is CC1CC(NC2CC(=O)NC2=O)CCN1C. The number of nitrogens with zero attached hydrogens (tertiary/aromatic N) is 1. The second-order valence-electron chi connectivity index (χ2n) is 4.89. The first-order valence-electron chi connectivity index (χ1n) is 5.86. The molecule has 2 heterocycles. The summed E-state index contributed by atoms with van der Waals surface area (Å²) in [7, 11) is 2.12. The number of rotatable bonds is 2. The van der Waals surface area contributed by atoms with Gasteiger partial charge in [-0.2, -0.15) is 0 Å². The van der Waals surface area contributed by atoms with Crippen LogP contribution in [-0.2, 0) is 9.59 Å². The molecule has 5 heteroatoms. The Kier molecular flexibility index (Phi) is 3.25. The van der Waals surface area contributed by atoms with Gasteiger partial charge in [-0.1, -0.05) is 0 Å². The number of carbonyl (C=O) groups is 2. The minimum absolute atomic E-state index is 0.163. The van der Waals surface area contributed by atoms with Crippen molar-refractivity contribution >= 4 is 11.8 Å². The first-order chi connectivity index (χ1) is 7.56. The van der Waals surface area contributed by atoms with Gasteiger partial charge in [0.2, 0.25) is 11.8 Å². The fourth-order valence-electron chi connectivity index (χ4n) is 2.41. The van der Waals surface area contributed by atoms with Gasteiger partial charge >= 0.3 is 0 Å². The quantitative estimate of drug-likeness (QED) is 0.620. The molecule has 0 aromatic heterocycles. The van der Waals surface area contributed by atoms with Crippen LogP contribution in [0.1, 0.15) is 26.2 Å². The van der Waals surface area contributed by atoms with E-state index in [9.17, 15) is 9.59 Å². The second-order valence-corrected chi connectivity index (χ2v) is 4.89. The van der Waals surface area contributed by atoms with E-state index in [1.807, 2.05) is 0 Å². The summed E-state index contributed by atoms with van der Waals surface area (Å²) in [5.74, 6) is -0.333. The van der Waals surface area contributed by atoms with Crippen LogP contribution in [0.4, 0.5) is 0 Å². The molecule has 3 atom stereocenters. The zero-order valence-electron chi connectivity index (χ0n) is 9.82. The standard InChI is InChI=1S/C11H19N3O2/c1-7-5-8(3-4-14(7)2)12-9-6-10(15)13-11(9)16/h7-9,12H,3-6H2,1-2H3,(H,13,15,16). The second kappa shape index (κ2) is 4.51. The van der Waals surface area contributed by atoms with Crippen molar-refractivity contribution in [1.82, 2.24) is 15.5 Å². The first kappa shape index (κ1) is 11.5. The molecule has 0 spiro atoms. The van der Waals surface area contributed by atoms with E-state index in [4.69, 9.17) is 0 Å². The largest absolute Gasteiger partial charge is 0.304 e. The van der Waals surface area contributed by atoms with Crippen molar-refractivity contribution in [3.8, 4) is 0 Å². The summed E-state index contributed by atoms with van der Waals surface area (Å²) in [6, 6.07) is 0.576. The van der Waals surface area contributed by atoms with Crippen molar-refractivity contribution in [2.75, 3.05) is 13.6 Å². The highest BCUT2D eigenvalue weighted by atomic mass is 16.2. The van der Waals surface area contributed by atoms with Crippen LogP contribution in [0.3, 0.4) is 0 Å². The Balaban J connectivity index is 1.86. The highest BCUT2D eigenvalue weighted by molar-refractivity contribution is 6.05. The van der Waals surface area contributed by atoms with E-state index < -0.39 is 0 Å². The van der Waals surface area contributed by atoms with Crippen molar-refractivity contribution in [3.05, 3.63) is 0 Å². The molecule has 2 aliphatic rings. The van der Waals surface area contributed by atoms with Crippen molar-refractivity contribution in [2.45, 2.75) is 44.3 Å². The average Bonchev–Trinajstić information content (AvgIpc) is 2.51. The number of likely N-dealkylation sites (tertiary alicyclic amines) is 1. The van der Waals surface area contributed by atoms with Gasteiger partial charge in [-0.3, -0.25) is 14.9 Å². The van der Waals surface area contributed by atoms with Crippen LogP contribution in [0.15, 0.2) is 0 Å². The molecule has 2 aliphatic heterocycles. The third-order valence-corrected chi connectivity index (χ3v) is 3.61. The summed E-state index contributed by atoms with van der Waals surface area (Å²) in [5.41, 5.74) is 0. The summed E-state index contributed by atoms with van der Waals surface area (Å²) in [5, 5.41) is 5.62. The first-order valence-corrected chi connectivity index (χ1v) is 5.86. The lowest BCUT2D eigenvalue weighted by Crippen LogP contribution is -2.50. The third kappa shape index (κ3) is 2.41. The fraction of sp³-hybridized carbons (Fsp3) is 0.818. The van der Waals surface area contributed by atoms with Crippen molar-refractivity contribution < 1.29 is 9.59 Å². The van der Waals surface area contributed by atoms with Gasteiger partial charge < -0.3 is 10.2 Å². The Hall–Kier alpha value is -0.940. The minimum atomic E-state index is -0.312. The topological polar surface area (TPSA) is 61.4 Å². The van der Waals surface area contributed by atoms with Gasteiger partial charge in [0.1, 0.15) is 0 Å². The minimum Gasteiger partial charge on any atom is -0.304 e. The van der Waals surface area contributed by atoms with Crippen LogP contribution in [0.2, 0.25) is 0 Å². The van der Waals surface area contributed by atoms with Gasteiger partial charge in [-0.05, 0) is 33.4 Å². The van der Waals surface area contributed by atoms with E-state index in [-0.39, 0.29) is 17.9 Å². The molecule has 2 N–H and O–H groups in total. The Labute approximate surface area is 95.6 Å². The maximum Gasteiger partial charge on any atom is 0.244 e. The maximum absolute atomic E-state index is 11.4. The molecule has 90 valence electrons. The predicted octanol–water partition coefficient (Wildman–Crippen LogP) is -0.526. The summed E-state index contributed by atoms with van der Waals surface area (Å²) in [4.78, 5) is 24.8. The lowest BCUT2D eigenvalue weighted by molar-refractivity contribution is -0.125. The summed E-state index contributed by atoms with van der Waals surface area (Å²) in [6.07, 6.45) is 2.37. The molecule has 0 bridgehead atoms. The molecule has 2 amide bonds. The number of piperidine rings is 1. The van der Waals surface area contributed by atoms with E-state index in [0.717, 1.165) is 19.4 Å². The molecule has 5 nitrogen and oxygen atoms in total. The van der Waals surface area contributed by atoms with Crippen molar-refractivity contribution in [3.63, 3.8) is 0 Å². The number of imide groups is 1. The van der Waals surface area contributed by atoms with Gasteiger partial charge in [0.05, 0.1) is 12.5 Å². The third-order valence-electron chi connectivity index (χ3n) is 3.61. The number of amides is 2. The van der Waals surface area contributed by atoms with Crippen molar-refractivity contribution in [2.24, 2.45) is 0 Å². The highest BCUT2D eigenvalue weighted by Gasteiger charge is 2.33. The Morgan fingerprint density at radius 1 is 1.44 bits per heavy atom. The van der Waals surface area contributed by atoms with Gasteiger partial charge in [0.15, 0.2) is 0 Å². The predicted molar refractivity (Wildman–Crippen MR) is 59.8 cm³/mol. The molecular formula is C11H19N3O2. The van der Waals surface area contributed by atoms with E-state index in [0.29, 0.717) is 18.5 Å². The highest BCUT2D eigenvalue weighted by Crippen LogP contribution is 2.17. The fourth-order valence-corrected chi connectivity index (χ4v) is 2.41. The van der Waals surface area contributed by atoms with Gasteiger partial charge in [-0.25, -0.2) is 0 Å². The number of hydrogen-bond acceptors (Lipinski definition) is 4. The lowest BCUT2D eigenvalue weighted by atomic mass is 9.98. The molecule has 2 saturated heterocycles. The Morgan fingerprint density at radius 3 is 2.75 bits per heavy atom. The lowest BCUT2D eigenvalue weighted by Gasteiger charge is -2.36.